The van der Waals surface area contributed by atoms with Crippen molar-refractivity contribution < 1.29 is 18.0 Å². The third kappa shape index (κ3) is 5.82. The topological polar surface area (TPSA) is 83.6 Å². The van der Waals surface area contributed by atoms with Crippen LogP contribution in [0.15, 0.2) is 59.5 Å². The van der Waals surface area contributed by atoms with Crippen molar-refractivity contribution in [3.05, 3.63) is 60.2 Å². The van der Waals surface area contributed by atoms with Crippen LogP contribution in [0.25, 0.3) is 0 Å². The largest absolute Gasteiger partial charge is 0.343 e. The Morgan fingerprint density at radius 2 is 1.61 bits per heavy atom. The van der Waals surface area contributed by atoms with Gasteiger partial charge in [-0.3, -0.25) is 9.59 Å². The van der Waals surface area contributed by atoms with Crippen molar-refractivity contribution in [2.45, 2.75) is 61.5 Å². The minimum absolute atomic E-state index is 0.109. The number of hydrogen-bond donors (Lipinski definition) is 1. The molecule has 176 valence electrons. The van der Waals surface area contributed by atoms with E-state index in [9.17, 15) is 18.0 Å². The Morgan fingerprint density at radius 3 is 2.30 bits per heavy atom. The van der Waals surface area contributed by atoms with E-state index in [4.69, 9.17) is 0 Å². The molecule has 33 heavy (non-hydrogen) atoms. The molecule has 0 spiro atoms. The van der Waals surface area contributed by atoms with E-state index in [0.717, 1.165) is 24.8 Å². The van der Waals surface area contributed by atoms with Gasteiger partial charge in [-0.05, 0) is 55.9 Å². The summed E-state index contributed by atoms with van der Waals surface area (Å²) in [6, 6.07) is 16.6. The van der Waals surface area contributed by atoms with E-state index in [2.05, 4.69) is 5.32 Å². The number of likely N-dealkylation sites (tertiary alicyclic amines) is 1. The van der Waals surface area contributed by atoms with Gasteiger partial charge < -0.3 is 10.2 Å². The average Bonchev–Trinajstić information content (AvgIpc) is 3.39. The van der Waals surface area contributed by atoms with Crippen LogP contribution in [0, 0.1) is 5.92 Å². The lowest BCUT2D eigenvalue weighted by molar-refractivity contribution is -0.134. The highest BCUT2D eigenvalue weighted by Gasteiger charge is 2.31. The lowest BCUT2D eigenvalue weighted by Gasteiger charge is -2.31. The number of hydrogen-bond acceptors (Lipinski definition) is 4. The zero-order valence-electron chi connectivity index (χ0n) is 18.9. The van der Waals surface area contributed by atoms with Crippen molar-refractivity contribution in [3.8, 4) is 0 Å². The normalized spacial score (nSPS) is 17.8. The molecule has 6 nitrogen and oxygen atoms in total. The second-order valence-electron chi connectivity index (χ2n) is 9.11. The number of carbonyl (C=O) groups is 2. The molecule has 7 heteroatoms. The SMILES string of the molecule is O=C(Nc1cccc(S(=O)(=O)C2CCCC2)c1)C1CCN(C(=O)CCc2ccccc2)CC1. The highest BCUT2D eigenvalue weighted by molar-refractivity contribution is 7.92. The second kappa shape index (κ2) is 10.5. The summed E-state index contributed by atoms with van der Waals surface area (Å²) in [5.41, 5.74) is 1.66. The Kier molecular flexibility index (Phi) is 7.48. The zero-order chi connectivity index (χ0) is 23.3. The molecular formula is C26H32N2O4S. The van der Waals surface area contributed by atoms with Gasteiger partial charge in [-0.15, -0.1) is 0 Å². The number of sulfone groups is 1. The van der Waals surface area contributed by atoms with E-state index in [1.165, 1.54) is 0 Å². The van der Waals surface area contributed by atoms with Crippen molar-refractivity contribution >= 4 is 27.3 Å². The molecule has 0 unspecified atom stereocenters. The van der Waals surface area contributed by atoms with Crippen LogP contribution in [-0.4, -0.2) is 43.5 Å². The number of amides is 2. The van der Waals surface area contributed by atoms with Gasteiger partial charge in [0.05, 0.1) is 10.1 Å². The Bertz CT molecular complexity index is 1070. The first-order valence-electron chi connectivity index (χ1n) is 11.9. The predicted molar refractivity (Wildman–Crippen MR) is 129 cm³/mol. The highest BCUT2D eigenvalue weighted by atomic mass is 32.2. The van der Waals surface area contributed by atoms with Crippen molar-refractivity contribution in [1.82, 2.24) is 4.90 Å². The number of piperidine rings is 1. The van der Waals surface area contributed by atoms with Crippen molar-refractivity contribution in [3.63, 3.8) is 0 Å². The quantitative estimate of drug-likeness (QED) is 0.660. The Morgan fingerprint density at radius 1 is 0.909 bits per heavy atom. The molecule has 2 aliphatic rings. The summed E-state index contributed by atoms with van der Waals surface area (Å²) in [5.74, 6) is -0.164. The molecule has 2 fully saturated rings. The fourth-order valence-corrected chi connectivity index (χ4v) is 6.73. The molecule has 1 saturated carbocycles. The third-order valence-electron chi connectivity index (χ3n) is 6.86. The zero-order valence-corrected chi connectivity index (χ0v) is 19.7. The first-order valence-corrected chi connectivity index (χ1v) is 13.4. The number of aryl methyl sites for hydroxylation is 1. The highest BCUT2D eigenvalue weighted by Crippen LogP contribution is 2.30. The average molecular weight is 469 g/mol. The Balaban J connectivity index is 1.28. The summed E-state index contributed by atoms with van der Waals surface area (Å²) in [5, 5.41) is 2.59. The molecule has 1 aliphatic heterocycles. The third-order valence-corrected chi connectivity index (χ3v) is 9.12. The number of nitrogens with one attached hydrogen (secondary N) is 1. The molecule has 2 aromatic carbocycles. The summed E-state index contributed by atoms with van der Waals surface area (Å²) in [6.45, 7) is 1.14. The lowest BCUT2D eigenvalue weighted by Crippen LogP contribution is -2.41. The molecule has 0 aromatic heterocycles. The first kappa shape index (κ1) is 23.5. The van der Waals surface area contributed by atoms with Crippen molar-refractivity contribution in [2.24, 2.45) is 5.92 Å². The maximum Gasteiger partial charge on any atom is 0.227 e. The number of anilines is 1. The Labute approximate surface area is 196 Å². The van der Waals surface area contributed by atoms with Crippen LogP contribution in [0.2, 0.25) is 0 Å². The first-order chi connectivity index (χ1) is 15.9. The smallest absolute Gasteiger partial charge is 0.227 e. The van der Waals surface area contributed by atoms with Gasteiger partial charge in [0.1, 0.15) is 0 Å². The fraction of sp³-hybridized carbons (Fsp3) is 0.462. The van der Waals surface area contributed by atoms with E-state index in [1.807, 2.05) is 35.2 Å². The lowest BCUT2D eigenvalue weighted by atomic mass is 9.95. The van der Waals surface area contributed by atoms with Crippen LogP contribution in [0.1, 0.15) is 50.5 Å². The fourth-order valence-electron chi connectivity index (χ4n) is 4.83. The van der Waals surface area contributed by atoms with E-state index >= 15 is 0 Å². The van der Waals surface area contributed by atoms with Crippen molar-refractivity contribution in [2.75, 3.05) is 18.4 Å². The molecule has 0 atom stereocenters. The molecule has 2 amide bonds. The number of rotatable bonds is 7. The van der Waals surface area contributed by atoms with Gasteiger partial charge in [0, 0.05) is 31.1 Å². The van der Waals surface area contributed by atoms with Crippen LogP contribution < -0.4 is 5.32 Å². The van der Waals surface area contributed by atoms with Crippen molar-refractivity contribution in [1.29, 1.82) is 0 Å². The van der Waals surface area contributed by atoms with Crippen LogP contribution in [-0.2, 0) is 25.8 Å². The standard InChI is InChI=1S/C26H32N2O4S/c29-25(14-13-20-7-2-1-3-8-20)28-17-15-21(16-18-28)26(30)27-22-9-6-12-24(19-22)33(31,32)23-10-4-5-11-23/h1-3,6-9,12,19,21,23H,4-5,10-11,13-18H2,(H,27,30). The summed E-state index contributed by atoms with van der Waals surface area (Å²) in [7, 11) is -3.36. The molecule has 4 rings (SSSR count). The maximum atomic E-state index is 12.9. The maximum absolute atomic E-state index is 12.9. The van der Waals surface area contributed by atoms with Gasteiger partial charge >= 0.3 is 0 Å². The molecule has 2 aromatic rings. The van der Waals surface area contributed by atoms with Gasteiger partial charge in [-0.1, -0.05) is 49.2 Å². The second-order valence-corrected chi connectivity index (χ2v) is 11.3. The van der Waals surface area contributed by atoms with Gasteiger partial charge in [0.2, 0.25) is 11.8 Å². The van der Waals surface area contributed by atoms with Crippen LogP contribution in [0.4, 0.5) is 5.69 Å². The van der Waals surface area contributed by atoms with Gasteiger partial charge in [0.15, 0.2) is 9.84 Å². The summed E-state index contributed by atoms with van der Waals surface area (Å²) >= 11 is 0. The summed E-state index contributed by atoms with van der Waals surface area (Å²) in [6.07, 6.45) is 5.75. The van der Waals surface area contributed by atoms with Gasteiger partial charge in [0.25, 0.3) is 0 Å². The molecule has 0 bridgehead atoms. The van der Waals surface area contributed by atoms with E-state index in [0.29, 0.717) is 50.9 Å². The molecule has 1 N–H and O–H groups in total. The number of nitrogens with zero attached hydrogens (tertiary/aromatic N) is 1. The van der Waals surface area contributed by atoms with E-state index in [1.54, 1.807) is 24.3 Å². The van der Waals surface area contributed by atoms with Crippen LogP contribution in [0.5, 0.6) is 0 Å². The number of benzene rings is 2. The summed E-state index contributed by atoms with van der Waals surface area (Å²) in [4.78, 5) is 27.5. The molecule has 1 heterocycles. The minimum Gasteiger partial charge on any atom is -0.343 e. The van der Waals surface area contributed by atoms with Gasteiger partial charge in [-0.2, -0.15) is 0 Å². The van der Waals surface area contributed by atoms with Crippen LogP contribution >= 0.6 is 0 Å². The van der Waals surface area contributed by atoms with Gasteiger partial charge in [-0.25, -0.2) is 8.42 Å². The number of carbonyl (C=O) groups excluding carboxylic acids is 2. The monoisotopic (exact) mass is 468 g/mol. The van der Waals surface area contributed by atoms with E-state index < -0.39 is 9.84 Å². The molecule has 0 radical (unpaired) electrons. The molecule has 1 aliphatic carbocycles. The molecular weight excluding hydrogens is 436 g/mol. The summed E-state index contributed by atoms with van der Waals surface area (Å²) < 4.78 is 25.7. The van der Waals surface area contributed by atoms with E-state index in [-0.39, 0.29) is 27.9 Å². The van der Waals surface area contributed by atoms with Crippen LogP contribution in [0.3, 0.4) is 0 Å². The molecule has 1 saturated heterocycles. The Hall–Kier alpha value is -2.67. The minimum atomic E-state index is -3.36. The predicted octanol–water partition coefficient (Wildman–Crippen LogP) is 4.21.